The molecule has 1 atom stereocenters. The highest BCUT2D eigenvalue weighted by Gasteiger charge is 2.46. The lowest BCUT2D eigenvalue weighted by atomic mass is 9.73. The van der Waals surface area contributed by atoms with E-state index in [9.17, 15) is 9.59 Å². The molecular weight excluding hydrogens is 444 g/mol. The Hall–Kier alpha value is -3.79. The van der Waals surface area contributed by atoms with Crippen LogP contribution in [0.25, 0.3) is 0 Å². The second kappa shape index (κ2) is 8.16. The van der Waals surface area contributed by atoms with Crippen molar-refractivity contribution in [3.05, 3.63) is 65.2 Å². The summed E-state index contributed by atoms with van der Waals surface area (Å²) in [4.78, 5) is 38.2. The number of rotatable bonds is 3. The summed E-state index contributed by atoms with van der Waals surface area (Å²) in [7, 11) is 0. The Morgan fingerprint density at radius 2 is 1.86 bits per heavy atom. The monoisotopic (exact) mass is 472 g/mol. The first-order valence-electron chi connectivity index (χ1n) is 12.1. The minimum absolute atomic E-state index is 0.000484. The Bertz CT molecular complexity index is 1310. The van der Waals surface area contributed by atoms with Gasteiger partial charge >= 0.3 is 0 Å². The number of hydrogen-bond donors (Lipinski definition) is 2. The number of amides is 2. The van der Waals surface area contributed by atoms with Crippen LogP contribution in [0.15, 0.2) is 42.7 Å². The van der Waals surface area contributed by atoms with E-state index in [1.54, 1.807) is 21.8 Å². The minimum Gasteiger partial charge on any atom is -0.364 e. The minimum atomic E-state index is -0.698. The number of benzene rings is 1. The third-order valence-corrected chi connectivity index (χ3v) is 7.82. The lowest BCUT2D eigenvalue weighted by Crippen LogP contribution is -2.45. The Labute approximate surface area is 202 Å². The molecule has 2 aromatic heterocycles. The fourth-order valence-electron chi connectivity index (χ4n) is 5.92. The topological polar surface area (TPSA) is 136 Å². The second-order valence-corrected chi connectivity index (χ2v) is 9.72. The smallest absolute Gasteiger partial charge is 0.279 e. The van der Waals surface area contributed by atoms with E-state index >= 15 is 0 Å². The zero-order valence-corrected chi connectivity index (χ0v) is 19.4. The summed E-state index contributed by atoms with van der Waals surface area (Å²) >= 11 is 0. The van der Waals surface area contributed by atoms with E-state index in [-0.39, 0.29) is 28.8 Å². The molecule has 1 aromatic carbocycles. The summed E-state index contributed by atoms with van der Waals surface area (Å²) < 4.78 is 1.79. The average Bonchev–Trinajstić information content (AvgIpc) is 3.47. The SMILES string of the molecule is NC(=O)c1nc(C(=O)N2CCCn3nccc32)cnc1N1CCC2(CC1)Cc1ccccc1[C@H]2N. The van der Waals surface area contributed by atoms with E-state index in [4.69, 9.17) is 11.5 Å². The maximum Gasteiger partial charge on any atom is 0.279 e. The van der Waals surface area contributed by atoms with Crippen molar-refractivity contribution < 1.29 is 9.59 Å². The number of piperidine rings is 1. The molecule has 6 rings (SSSR count). The summed E-state index contributed by atoms with van der Waals surface area (Å²) in [5.41, 5.74) is 15.1. The Morgan fingerprint density at radius 1 is 1.06 bits per heavy atom. The van der Waals surface area contributed by atoms with Crippen LogP contribution < -0.4 is 21.3 Å². The number of nitrogens with zero attached hydrogens (tertiary/aromatic N) is 6. The lowest BCUT2D eigenvalue weighted by Gasteiger charge is -2.42. The first-order valence-corrected chi connectivity index (χ1v) is 12.1. The van der Waals surface area contributed by atoms with Crippen LogP contribution in [-0.4, -0.2) is 51.2 Å². The zero-order valence-electron chi connectivity index (χ0n) is 19.4. The molecule has 0 bridgehead atoms. The molecule has 0 saturated carbocycles. The summed E-state index contributed by atoms with van der Waals surface area (Å²) in [6.07, 6.45) is 6.62. The quantitative estimate of drug-likeness (QED) is 0.592. The van der Waals surface area contributed by atoms with Gasteiger partial charge in [-0.3, -0.25) is 14.5 Å². The summed E-state index contributed by atoms with van der Waals surface area (Å²) in [5.74, 6) is 0.121. The lowest BCUT2D eigenvalue weighted by molar-refractivity contribution is 0.0975. The van der Waals surface area contributed by atoms with Gasteiger partial charge in [0.2, 0.25) is 0 Å². The maximum absolute atomic E-state index is 13.2. The third-order valence-electron chi connectivity index (χ3n) is 7.82. The van der Waals surface area contributed by atoms with Crippen LogP contribution in [0.2, 0.25) is 0 Å². The van der Waals surface area contributed by atoms with Gasteiger partial charge in [0, 0.05) is 38.3 Å². The van der Waals surface area contributed by atoms with E-state index in [2.05, 4.69) is 33.3 Å². The molecule has 1 fully saturated rings. The number of hydrogen-bond acceptors (Lipinski definition) is 7. The van der Waals surface area contributed by atoms with E-state index in [0.717, 1.165) is 32.2 Å². The molecule has 2 amide bonds. The normalized spacial score (nSPS) is 20.5. The first-order chi connectivity index (χ1) is 17.0. The predicted molar refractivity (Wildman–Crippen MR) is 130 cm³/mol. The van der Waals surface area contributed by atoms with E-state index in [1.165, 1.54) is 17.3 Å². The van der Waals surface area contributed by atoms with Crippen LogP contribution in [0.5, 0.6) is 0 Å². The number of anilines is 2. The van der Waals surface area contributed by atoms with Crippen molar-refractivity contribution in [3.63, 3.8) is 0 Å². The van der Waals surface area contributed by atoms with Crippen LogP contribution >= 0.6 is 0 Å². The zero-order chi connectivity index (χ0) is 24.2. The Balaban J connectivity index is 1.23. The molecule has 1 spiro atoms. The van der Waals surface area contributed by atoms with E-state index < -0.39 is 5.91 Å². The van der Waals surface area contributed by atoms with Gasteiger partial charge in [0.15, 0.2) is 11.5 Å². The molecule has 4 N–H and O–H groups in total. The van der Waals surface area contributed by atoms with Gasteiger partial charge in [-0.1, -0.05) is 24.3 Å². The molecule has 0 unspecified atom stereocenters. The fraction of sp³-hybridized carbons (Fsp3) is 0.400. The molecule has 10 nitrogen and oxygen atoms in total. The fourth-order valence-corrected chi connectivity index (χ4v) is 5.92. The largest absolute Gasteiger partial charge is 0.364 e. The van der Waals surface area contributed by atoms with Crippen LogP contribution in [0.1, 0.15) is 57.4 Å². The van der Waals surface area contributed by atoms with Crippen LogP contribution in [0.3, 0.4) is 0 Å². The molecule has 180 valence electrons. The summed E-state index contributed by atoms with van der Waals surface area (Å²) in [6, 6.07) is 10.2. The highest BCUT2D eigenvalue weighted by atomic mass is 16.2. The predicted octanol–water partition coefficient (Wildman–Crippen LogP) is 1.67. The van der Waals surface area contributed by atoms with Crippen LogP contribution in [-0.2, 0) is 13.0 Å². The third kappa shape index (κ3) is 3.47. The molecule has 1 aliphatic carbocycles. The van der Waals surface area contributed by atoms with Crippen molar-refractivity contribution in [2.24, 2.45) is 16.9 Å². The molecule has 4 heterocycles. The number of primary amides is 1. The highest BCUT2D eigenvalue weighted by molar-refractivity contribution is 6.05. The van der Waals surface area contributed by atoms with Crippen molar-refractivity contribution in [2.45, 2.75) is 38.3 Å². The van der Waals surface area contributed by atoms with Crippen molar-refractivity contribution in [1.82, 2.24) is 19.7 Å². The number of aryl methyl sites for hydroxylation is 1. The average molecular weight is 473 g/mol. The molecule has 1 saturated heterocycles. The number of carbonyl (C=O) groups is 2. The standard InChI is InChI=1S/C25H28N8O2/c26-21-17-5-2-1-4-16(17)14-25(21)7-12-31(13-8-25)23-20(22(27)34)30-18(15-28-23)24(35)32-10-3-11-33-19(32)6-9-29-33/h1-2,4-6,9,15,21H,3,7-8,10-14,26H2,(H2,27,34)/t21-/m1/s1. The highest BCUT2D eigenvalue weighted by Crippen LogP contribution is 2.51. The number of nitrogens with two attached hydrogens (primary N) is 2. The number of aromatic nitrogens is 4. The van der Waals surface area contributed by atoms with Gasteiger partial charge in [-0.05, 0) is 42.2 Å². The van der Waals surface area contributed by atoms with E-state index in [1.807, 2.05) is 11.0 Å². The number of carbonyl (C=O) groups excluding carboxylic acids is 2. The van der Waals surface area contributed by atoms with Crippen molar-refractivity contribution >= 4 is 23.5 Å². The molecular formula is C25H28N8O2. The van der Waals surface area contributed by atoms with Gasteiger partial charge < -0.3 is 16.4 Å². The van der Waals surface area contributed by atoms with Crippen molar-refractivity contribution in [3.8, 4) is 0 Å². The van der Waals surface area contributed by atoms with Gasteiger partial charge in [0.05, 0.1) is 12.4 Å². The van der Waals surface area contributed by atoms with E-state index in [0.29, 0.717) is 31.3 Å². The molecule has 2 aliphatic heterocycles. The van der Waals surface area contributed by atoms with Gasteiger partial charge in [-0.25, -0.2) is 14.6 Å². The van der Waals surface area contributed by atoms with Crippen LogP contribution in [0.4, 0.5) is 11.6 Å². The van der Waals surface area contributed by atoms with Crippen molar-refractivity contribution in [1.29, 1.82) is 0 Å². The van der Waals surface area contributed by atoms with Gasteiger partial charge in [0.1, 0.15) is 11.5 Å². The van der Waals surface area contributed by atoms with Crippen LogP contribution in [0, 0.1) is 5.41 Å². The molecule has 10 heteroatoms. The molecule has 35 heavy (non-hydrogen) atoms. The maximum atomic E-state index is 13.2. The second-order valence-electron chi connectivity index (χ2n) is 9.72. The molecule has 0 radical (unpaired) electrons. The first kappa shape index (κ1) is 21.7. The molecule has 3 aromatic rings. The van der Waals surface area contributed by atoms with Crippen molar-refractivity contribution in [2.75, 3.05) is 29.4 Å². The van der Waals surface area contributed by atoms with Gasteiger partial charge in [-0.2, -0.15) is 5.10 Å². The molecule has 3 aliphatic rings. The summed E-state index contributed by atoms with van der Waals surface area (Å²) in [5, 5.41) is 4.25. The number of fused-ring (bicyclic) bond motifs is 2. The van der Waals surface area contributed by atoms with Gasteiger partial charge in [-0.15, -0.1) is 0 Å². The van der Waals surface area contributed by atoms with Gasteiger partial charge in [0.25, 0.3) is 11.8 Å². The Morgan fingerprint density at radius 3 is 2.63 bits per heavy atom. The Kier molecular flexibility index (Phi) is 5.06. The summed E-state index contributed by atoms with van der Waals surface area (Å²) in [6.45, 7) is 2.69.